The molecule has 3 aromatic rings. The van der Waals surface area contributed by atoms with Crippen molar-refractivity contribution in [2.45, 2.75) is 42.8 Å². The highest BCUT2D eigenvalue weighted by molar-refractivity contribution is 8.00. The number of nitrogens with one attached hydrogen (secondary N) is 1. The third-order valence-corrected chi connectivity index (χ3v) is 5.85. The van der Waals surface area contributed by atoms with Crippen LogP contribution in [0.15, 0.2) is 64.9 Å². The molecule has 7 heteroatoms. The van der Waals surface area contributed by atoms with Gasteiger partial charge in [0, 0.05) is 12.6 Å². The van der Waals surface area contributed by atoms with Crippen molar-refractivity contribution in [2.24, 2.45) is 0 Å². The molecule has 0 bridgehead atoms. The van der Waals surface area contributed by atoms with Gasteiger partial charge in [-0.05, 0) is 31.4 Å². The van der Waals surface area contributed by atoms with E-state index in [9.17, 15) is 4.79 Å². The predicted octanol–water partition coefficient (Wildman–Crippen LogP) is 4.14. The molecule has 144 valence electrons. The number of carbonyl (C=O) groups is 1. The van der Waals surface area contributed by atoms with Crippen molar-refractivity contribution < 1.29 is 9.21 Å². The van der Waals surface area contributed by atoms with Crippen LogP contribution in [0.4, 0.5) is 0 Å². The standard InChI is InChI=1S/C21H22N4O2S/c1-3-12-25-19(17-11-13-27-14(17)2)23-24-21(25)28-18(15-7-5-4-6-8-15)20(26)22-16-9-10-16/h3-8,11,13,16,18H,1,9-10,12H2,2H3,(H,22,26). The van der Waals surface area contributed by atoms with Crippen molar-refractivity contribution in [1.82, 2.24) is 20.1 Å². The van der Waals surface area contributed by atoms with Crippen LogP contribution in [-0.4, -0.2) is 26.7 Å². The van der Waals surface area contributed by atoms with Crippen LogP contribution in [0.1, 0.15) is 29.4 Å². The van der Waals surface area contributed by atoms with Crippen molar-refractivity contribution in [3.8, 4) is 11.4 Å². The molecule has 1 aliphatic rings. The minimum absolute atomic E-state index is 0.00731. The SMILES string of the molecule is C=CCn1c(SC(C(=O)NC2CC2)c2ccccc2)nnc1-c1ccoc1C. The molecular formula is C21H22N4O2S. The van der Waals surface area contributed by atoms with Crippen LogP contribution >= 0.6 is 11.8 Å². The lowest BCUT2D eigenvalue weighted by molar-refractivity contribution is -0.120. The van der Waals surface area contributed by atoms with Gasteiger partial charge in [-0.2, -0.15) is 0 Å². The lowest BCUT2D eigenvalue weighted by atomic mass is 10.1. The molecule has 1 N–H and O–H groups in total. The maximum atomic E-state index is 12.9. The number of hydrogen-bond acceptors (Lipinski definition) is 5. The number of aromatic nitrogens is 3. The van der Waals surface area contributed by atoms with E-state index in [4.69, 9.17) is 4.42 Å². The summed E-state index contributed by atoms with van der Waals surface area (Å²) in [5, 5.41) is 12.1. The van der Waals surface area contributed by atoms with E-state index in [2.05, 4.69) is 22.1 Å². The Kier molecular flexibility index (Phi) is 5.34. The third-order valence-electron chi connectivity index (χ3n) is 4.62. The minimum atomic E-state index is -0.395. The van der Waals surface area contributed by atoms with Crippen LogP contribution in [-0.2, 0) is 11.3 Å². The number of carbonyl (C=O) groups excluding carboxylic acids is 1. The summed E-state index contributed by atoms with van der Waals surface area (Å²) in [5.74, 6) is 1.50. The zero-order valence-corrected chi connectivity index (χ0v) is 16.5. The van der Waals surface area contributed by atoms with Gasteiger partial charge in [-0.1, -0.05) is 48.2 Å². The van der Waals surface area contributed by atoms with Gasteiger partial charge in [0.15, 0.2) is 11.0 Å². The van der Waals surface area contributed by atoms with Crippen molar-refractivity contribution in [3.05, 3.63) is 66.6 Å². The van der Waals surface area contributed by atoms with E-state index in [-0.39, 0.29) is 5.91 Å². The highest BCUT2D eigenvalue weighted by Crippen LogP contribution is 2.37. The largest absolute Gasteiger partial charge is 0.469 e. The molecule has 28 heavy (non-hydrogen) atoms. The molecule has 0 spiro atoms. The van der Waals surface area contributed by atoms with E-state index in [1.807, 2.05) is 47.9 Å². The van der Waals surface area contributed by atoms with Crippen LogP contribution < -0.4 is 5.32 Å². The first-order valence-corrected chi connectivity index (χ1v) is 10.2. The number of amides is 1. The summed E-state index contributed by atoms with van der Waals surface area (Å²) < 4.78 is 7.39. The number of rotatable bonds is 8. The molecule has 2 heterocycles. The molecule has 6 nitrogen and oxygen atoms in total. The summed E-state index contributed by atoms with van der Waals surface area (Å²) in [6, 6.07) is 12.0. The lowest BCUT2D eigenvalue weighted by Crippen LogP contribution is -2.30. The fraction of sp³-hybridized carbons (Fsp3) is 0.286. The zero-order chi connectivity index (χ0) is 19.5. The van der Waals surface area contributed by atoms with E-state index < -0.39 is 5.25 Å². The van der Waals surface area contributed by atoms with Crippen LogP contribution in [0, 0.1) is 6.92 Å². The summed E-state index contributed by atoms with van der Waals surface area (Å²) in [7, 11) is 0. The quantitative estimate of drug-likeness (QED) is 0.459. The molecule has 1 atom stereocenters. The lowest BCUT2D eigenvalue weighted by Gasteiger charge is -2.17. The summed E-state index contributed by atoms with van der Waals surface area (Å²) in [6.45, 7) is 6.29. The molecule has 0 aliphatic heterocycles. The summed E-state index contributed by atoms with van der Waals surface area (Å²) in [5.41, 5.74) is 1.83. The van der Waals surface area contributed by atoms with Gasteiger partial charge in [-0.25, -0.2) is 0 Å². The predicted molar refractivity (Wildman–Crippen MR) is 109 cm³/mol. The van der Waals surface area contributed by atoms with Crippen molar-refractivity contribution in [1.29, 1.82) is 0 Å². The van der Waals surface area contributed by atoms with E-state index in [1.54, 1.807) is 12.3 Å². The van der Waals surface area contributed by atoms with Gasteiger partial charge in [-0.15, -0.1) is 16.8 Å². The normalized spacial score (nSPS) is 14.6. The molecule has 4 rings (SSSR count). The second kappa shape index (κ2) is 8.06. The van der Waals surface area contributed by atoms with Crippen LogP contribution in [0.3, 0.4) is 0 Å². The van der Waals surface area contributed by atoms with Crippen LogP contribution in [0.2, 0.25) is 0 Å². The zero-order valence-electron chi connectivity index (χ0n) is 15.7. The highest BCUT2D eigenvalue weighted by Gasteiger charge is 2.30. The molecule has 1 aromatic carbocycles. The molecule has 0 radical (unpaired) electrons. The summed E-state index contributed by atoms with van der Waals surface area (Å²) in [4.78, 5) is 12.9. The third kappa shape index (κ3) is 3.89. The fourth-order valence-electron chi connectivity index (χ4n) is 3.00. The Morgan fingerprint density at radius 1 is 1.36 bits per heavy atom. The first-order chi connectivity index (χ1) is 13.7. The smallest absolute Gasteiger partial charge is 0.238 e. The Bertz CT molecular complexity index is 975. The second-order valence-corrected chi connectivity index (χ2v) is 7.86. The van der Waals surface area contributed by atoms with Gasteiger partial charge >= 0.3 is 0 Å². The average Bonchev–Trinajstić information content (AvgIpc) is 3.28. The summed E-state index contributed by atoms with van der Waals surface area (Å²) in [6.07, 6.45) is 5.54. The molecule has 1 saturated carbocycles. The Balaban J connectivity index is 1.68. The number of benzene rings is 1. The van der Waals surface area contributed by atoms with Crippen molar-refractivity contribution in [3.63, 3.8) is 0 Å². The number of hydrogen-bond donors (Lipinski definition) is 1. The molecule has 1 amide bonds. The van der Waals surface area contributed by atoms with Crippen LogP contribution in [0.5, 0.6) is 0 Å². The monoisotopic (exact) mass is 394 g/mol. The van der Waals surface area contributed by atoms with Gasteiger partial charge in [0.25, 0.3) is 0 Å². The van der Waals surface area contributed by atoms with Gasteiger partial charge in [0.1, 0.15) is 11.0 Å². The Hall–Kier alpha value is -2.80. The van der Waals surface area contributed by atoms with Gasteiger partial charge in [0.2, 0.25) is 5.91 Å². The molecule has 1 unspecified atom stereocenters. The summed E-state index contributed by atoms with van der Waals surface area (Å²) >= 11 is 1.41. The molecule has 0 saturated heterocycles. The first-order valence-electron chi connectivity index (χ1n) is 9.28. The van der Waals surface area contributed by atoms with Gasteiger partial charge in [-0.3, -0.25) is 9.36 Å². The second-order valence-electron chi connectivity index (χ2n) is 6.79. The van der Waals surface area contributed by atoms with Crippen LogP contribution in [0.25, 0.3) is 11.4 Å². The topological polar surface area (TPSA) is 73.0 Å². The highest BCUT2D eigenvalue weighted by atomic mass is 32.2. The van der Waals surface area contributed by atoms with E-state index in [0.29, 0.717) is 23.6 Å². The molecule has 2 aromatic heterocycles. The van der Waals surface area contributed by atoms with Crippen molar-refractivity contribution in [2.75, 3.05) is 0 Å². The fourth-order valence-corrected chi connectivity index (χ4v) is 4.05. The van der Waals surface area contributed by atoms with Gasteiger partial charge in [0.05, 0.1) is 11.8 Å². The Morgan fingerprint density at radius 3 is 2.79 bits per heavy atom. The van der Waals surface area contributed by atoms with E-state index in [0.717, 1.165) is 29.7 Å². The van der Waals surface area contributed by atoms with Crippen molar-refractivity contribution >= 4 is 17.7 Å². The number of furan rings is 1. The van der Waals surface area contributed by atoms with E-state index >= 15 is 0 Å². The maximum Gasteiger partial charge on any atom is 0.238 e. The molecule has 1 fully saturated rings. The number of aryl methyl sites for hydroxylation is 1. The molecular weight excluding hydrogens is 372 g/mol. The number of nitrogens with zero attached hydrogens (tertiary/aromatic N) is 3. The minimum Gasteiger partial charge on any atom is -0.469 e. The van der Waals surface area contributed by atoms with E-state index in [1.165, 1.54) is 11.8 Å². The van der Waals surface area contributed by atoms with Gasteiger partial charge < -0.3 is 9.73 Å². The Morgan fingerprint density at radius 2 is 2.14 bits per heavy atom. The number of thioether (sulfide) groups is 1. The average molecular weight is 395 g/mol. The maximum absolute atomic E-state index is 12.9. The first kappa shape index (κ1) is 18.6. The number of allylic oxidation sites excluding steroid dienone is 1. The molecule has 1 aliphatic carbocycles. The Labute approximate surface area is 168 Å².